The fourth-order valence-corrected chi connectivity index (χ4v) is 1.71. The molecule has 0 unspecified atom stereocenters. The number of anilines is 1. The summed E-state index contributed by atoms with van der Waals surface area (Å²) in [5.41, 5.74) is 20.7. The van der Waals surface area contributed by atoms with Gasteiger partial charge in [0.15, 0.2) is 0 Å². The molecule has 1 aromatic heterocycles. The zero-order valence-corrected chi connectivity index (χ0v) is 9.43. The number of aromatic nitrogens is 2. The van der Waals surface area contributed by atoms with Crippen molar-refractivity contribution in [2.45, 2.75) is 13.1 Å². The van der Waals surface area contributed by atoms with Crippen molar-refractivity contribution in [2.75, 3.05) is 5.73 Å². The van der Waals surface area contributed by atoms with Crippen molar-refractivity contribution in [3.63, 3.8) is 0 Å². The van der Waals surface area contributed by atoms with Crippen LogP contribution in [-0.2, 0) is 13.1 Å². The van der Waals surface area contributed by atoms with E-state index in [1.54, 1.807) is 6.20 Å². The lowest BCUT2D eigenvalue weighted by molar-refractivity contribution is 0.980. The van der Waals surface area contributed by atoms with E-state index in [1.165, 1.54) is 0 Å². The molecular formula is C12H15N5. The Kier molecular flexibility index (Phi) is 3.32. The second kappa shape index (κ2) is 4.90. The van der Waals surface area contributed by atoms with E-state index in [-0.39, 0.29) is 5.95 Å². The van der Waals surface area contributed by atoms with Gasteiger partial charge in [-0.25, -0.2) is 9.97 Å². The average Bonchev–Trinajstić information content (AvgIpc) is 2.38. The molecule has 0 radical (unpaired) electrons. The first kappa shape index (κ1) is 11.5. The molecule has 0 aliphatic carbocycles. The van der Waals surface area contributed by atoms with Crippen molar-refractivity contribution in [3.05, 3.63) is 41.6 Å². The van der Waals surface area contributed by atoms with Crippen LogP contribution >= 0.6 is 0 Å². The first-order valence-corrected chi connectivity index (χ1v) is 5.35. The van der Waals surface area contributed by atoms with Gasteiger partial charge in [-0.05, 0) is 23.3 Å². The van der Waals surface area contributed by atoms with Crippen molar-refractivity contribution in [1.29, 1.82) is 0 Å². The lowest BCUT2D eigenvalue weighted by Gasteiger charge is -2.08. The molecule has 1 heterocycles. The molecule has 6 N–H and O–H groups in total. The van der Waals surface area contributed by atoms with E-state index in [2.05, 4.69) is 9.97 Å². The number of nitrogen functional groups attached to an aromatic ring is 1. The SMILES string of the molecule is NCc1ccc(-c2ccnc(N)n2)cc1CN. The zero-order chi connectivity index (χ0) is 12.3. The molecule has 17 heavy (non-hydrogen) atoms. The second-order valence-electron chi connectivity index (χ2n) is 3.69. The third-order valence-corrected chi connectivity index (χ3v) is 2.62. The fourth-order valence-electron chi connectivity index (χ4n) is 1.71. The Morgan fingerprint density at radius 3 is 2.41 bits per heavy atom. The fraction of sp³-hybridized carbons (Fsp3) is 0.167. The highest BCUT2D eigenvalue weighted by molar-refractivity contribution is 5.61. The van der Waals surface area contributed by atoms with Gasteiger partial charge < -0.3 is 17.2 Å². The Labute approximate surface area is 99.7 Å². The van der Waals surface area contributed by atoms with Gasteiger partial charge in [-0.2, -0.15) is 0 Å². The van der Waals surface area contributed by atoms with E-state index in [9.17, 15) is 0 Å². The van der Waals surface area contributed by atoms with E-state index in [0.29, 0.717) is 13.1 Å². The lowest BCUT2D eigenvalue weighted by Crippen LogP contribution is -2.06. The van der Waals surface area contributed by atoms with Gasteiger partial charge in [0.1, 0.15) is 0 Å². The van der Waals surface area contributed by atoms with Gasteiger partial charge in [0.05, 0.1) is 5.69 Å². The van der Waals surface area contributed by atoms with Gasteiger partial charge in [-0.1, -0.05) is 12.1 Å². The monoisotopic (exact) mass is 229 g/mol. The molecule has 0 bridgehead atoms. The van der Waals surface area contributed by atoms with E-state index < -0.39 is 0 Å². The molecule has 0 fully saturated rings. The minimum absolute atomic E-state index is 0.264. The quantitative estimate of drug-likeness (QED) is 0.716. The summed E-state index contributed by atoms with van der Waals surface area (Å²) in [7, 11) is 0. The smallest absolute Gasteiger partial charge is 0.220 e. The van der Waals surface area contributed by atoms with E-state index in [4.69, 9.17) is 17.2 Å². The average molecular weight is 229 g/mol. The molecule has 0 saturated heterocycles. The summed E-state index contributed by atoms with van der Waals surface area (Å²) in [6.07, 6.45) is 1.64. The predicted octanol–water partition coefficient (Wildman–Crippen LogP) is 0.643. The Balaban J connectivity index is 2.46. The van der Waals surface area contributed by atoms with E-state index in [1.807, 2.05) is 24.3 Å². The minimum Gasteiger partial charge on any atom is -0.368 e. The highest BCUT2D eigenvalue weighted by Gasteiger charge is 2.04. The van der Waals surface area contributed by atoms with Crippen LogP contribution in [0.5, 0.6) is 0 Å². The highest BCUT2D eigenvalue weighted by atomic mass is 15.0. The van der Waals surface area contributed by atoms with Crippen LogP contribution in [0.4, 0.5) is 5.95 Å². The summed E-state index contributed by atoms with van der Waals surface area (Å²) in [5.74, 6) is 0.264. The number of rotatable bonds is 3. The van der Waals surface area contributed by atoms with Gasteiger partial charge in [0.2, 0.25) is 5.95 Å². The molecule has 0 aliphatic rings. The van der Waals surface area contributed by atoms with Crippen LogP contribution in [0.1, 0.15) is 11.1 Å². The maximum atomic E-state index is 5.69. The normalized spacial score (nSPS) is 10.5. The maximum absolute atomic E-state index is 5.69. The lowest BCUT2D eigenvalue weighted by atomic mass is 10.0. The van der Waals surface area contributed by atoms with Gasteiger partial charge in [-0.3, -0.25) is 0 Å². The van der Waals surface area contributed by atoms with Crippen LogP contribution in [-0.4, -0.2) is 9.97 Å². The summed E-state index contributed by atoms with van der Waals surface area (Å²) >= 11 is 0. The van der Waals surface area contributed by atoms with Crippen LogP contribution in [0.15, 0.2) is 30.5 Å². The third kappa shape index (κ3) is 2.41. The molecule has 5 nitrogen and oxygen atoms in total. The van der Waals surface area contributed by atoms with E-state index in [0.717, 1.165) is 22.4 Å². The summed E-state index contributed by atoms with van der Waals surface area (Å²) in [4.78, 5) is 8.03. The molecule has 2 aromatic rings. The summed E-state index contributed by atoms with van der Waals surface area (Å²) in [6.45, 7) is 0.944. The summed E-state index contributed by atoms with van der Waals surface area (Å²) in [5, 5.41) is 0. The van der Waals surface area contributed by atoms with E-state index >= 15 is 0 Å². The Morgan fingerprint density at radius 2 is 1.76 bits per heavy atom. The van der Waals surface area contributed by atoms with Gasteiger partial charge in [0.25, 0.3) is 0 Å². The number of nitrogens with zero attached hydrogens (tertiary/aromatic N) is 2. The van der Waals surface area contributed by atoms with Crippen molar-refractivity contribution < 1.29 is 0 Å². The molecule has 1 aromatic carbocycles. The Bertz CT molecular complexity index is 524. The molecule has 2 rings (SSSR count). The second-order valence-corrected chi connectivity index (χ2v) is 3.69. The van der Waals surface area contributed by atoms with Gasteiger partial charge in [0, 0.05) is 24.8 Å². The van der Waals surface area contributed by atoms with Crippen molar-refractivity contribution in [1.82, 2.24) is 9.97 Å². The van der Waals surface area contributed by atoms with Gasteiger partial charge >= 0.3 is 0 Å². The molecular weight excluding hydrogens is 214 g/mol. The molecule has 0 aliphatic heterocycles. The largest absolute Gasteiger partial charge is 0.368 e. The van der Waals surface area contributed by atoms with Crippen LogP contribution in [0.3, 0.4) is 0 Å². The van der Waals surface area contributed by atoms with Crippen molar-refractivity contribution in [2.24, 2.45) is 11.5 Å². The van der Waals surface area contributed by atoms with Crippen LogP contribution in [0.25, 0.3) is 11.3 Å². The standard InChI is InChI=1S/C12H15N5/c13-6-9-2-1-8(5-10(9)7-14)11-3-4-16-12(15)17-11/h1-5H,6-7,13-14H2,(H2,15,16,17). The topological polar surface area (TPSA) is 104 Å². The number of hydrogen-bond acceptors (Lipinski definition) is 5. The number of benzene rings is 1. The number of nitrogens with two attached hydrogens (primary N) is 3. The maximum Gasteiger partial charge on any atom is 0.220 e. The van der Waals surface area contributed by atoms with Crippen molar-refractivity contribution >= 4 is 5.95 Å². The molecule has 0 saturated carbocycles. The van der Waals surface area contributed by atoms with Crippen molar-refractivity contribution in [3.8, 4) is 11.3 Å². The molecule has 0 atom stereocenters. The zero-order valence-electron chi connectivity index (χ0n) is 9.43. The molecule has 88 valence electrons. The summed E-state index contributed by atoms with van der Waals surface area (Å²) in [6, 6.07) is 7.73. The molecule has 0 amide bonds. The predicted molar refractivity (Wildman–Crippen MR) is 67.7 cm³/mol. The van der Waals surface area contributed by atoms with Gasteiger partial charge in [-0.15, -0.1) is 0 Å². The molecule has 5 heteroatoms. The Morgan fingerprint density at radius 1 is 1.00 bits per heavy atom. The summed E-state index contributed by atoms with van der Waals surface area (Å²) < 4.78 is 0. The first-order chi connectivity index (χ1) is 8.24. The van der Waals surface area contributed by atoms with Crippen LogP contribution in [0.2, 0.25) is 0 Å². The van der Waals surface area contributed by atoms with Crippen LogP contribution < -0.4 is 17.2 Å². The third-order valence-electron chi connectivity index (χ3n) is 2.62. The first-order valence-electron chi connectivity index (χ1n) is 5.35. The Hall–Kier alpha value is -1.98. The minimum atomic E-state index is 0.264. The highest BCUT2D eigenvalue weighted by Crippen LogP contribution is 2.20. The van der Waals surface area contributed by atoms with Crippen LogP contribution in [0, 0.1) is 0 Å². The molecule has 0 spiro atoms. The number of hydrogen-bond donors (Lipinski definition) is 3.